The molecule has 0 saturated carbocycles. The van der Waals surface area contributed by atoms with Gasteiger partial charge in [0.25, 0.3) is 0 Å². The summed E-state index contributed by atoms with van der Waals surface area (Å²) in [6.07, 6.45) is 36.1. The predicted molar refractivity (Wildman–Crippen MR) is 508 cm³/mol. The minimum Gasteiger partial charge on any atom is -0.370 e. The molecule has 0 bridgehead atoms. The van der Waals surface area contributed by atoms with Crippen LogP contribution in [0.4, 0.5) is 0 Å². The maximum atomic E-state index is 5.33. The first-order valence-corrected chi connectivity index (χ1v) is 46.3. The molecule has 12 rings (SSSR count). The minimum atomic E-state index is 0. The monoisotopic (exact) mass is 1600 g/mol. The molecule has 0 unspecified atom stereocenters. The van der Waals surface area contributed by atoms with E-state index in [-0.39, 0.29) is 50.5 Å². The van der Waals surface area contributed by atoms with Gasteiger partial charge in [0.05, 0.1) is 59.4 Å². The molecule has 12 aliphatic heterocycles. The summed E-state index contributed by atoms with van der Waals surface area (Å²) in [7, 11) is 13.8. The SMILES string of the molecule is C.C.C.C.C.C.CC(C)N1CCC(N(C)C)CC1.CC(C)N1CCC(N2CCCC2)CC1.CC(C)N1CCC(N2CCCCC2)CC1.CC(C)N1CCC(N2CCCCC2)CC1.CC(C)N1CCC(N=C(N)N)CC1.CC(C)N1CCC([N+](C)(C)C)CC1.CC(C)N1CCC([N+]2(C)CCCC2)CC1.CC1CCN(C(C)C)CC1. The van der Waals surface area contributed by atoms with E-state index in [1.54, 1.807) is 0 Å². The van der Waals surface area contributed by atoms with Crippen molar-refractivity contribution in [1.82, 2.24) is 58.8 Å². The fourth-order valence-electron chi connectivity index (χ4n) is 19.8. The van der Waals surface area contributed by atoms with Crippen molar-refractivity contribution in [2.24, 2.45) is 22.4 Å². The first-order chi connectivity index (χ1) is 50.7. The Labute approximate surface area is 711 Å². The van der Waals surface area contributed by atoms with Crippen molar-refractivity contribution in [1.29, 1.82) is 0 Å². The average Bonchev–Trinajstić information content (AvgIpc) is 1.72. The fourth-order valence-corrected chi connectivity index (χ4v) is 19.8. The number of hydrogen-bond donors (Lipinski definition) is 2. The Morgan fingerprint density at radius 3 is 0.796 bits per heavy atom. The molecule has 12 saturated heterocycles. The van der Waals surface area contributed by atoms with Gasteiger partial charge in [0.15, 0.2) is 5.96 Å². The highest BCUT2D eigenvalue weighted by molar-refractivity contribution is 5.75. The Kier molecular flexibility index (Phi) is 60.7. The zero-order chi connectivity index (χ0) is 78.8. The van der Waals surface area contributed by atoms with Gasteiger partial charge in [-0.2, -0.15) is 0 Å². The van der Waals surface area contributed by atoms with E-state index < -0.39 is 0 Å². The van der Waals surface area contributed by atoms with Crippen LogP contribution in [0, 0.1) is 5.92 Å². The molecular weight excluding hydrogens is 1390 g/mol. The first kappa shape index (κ1) is 114. The molecule has 17 heteroatoms. The number of piperidine rings is 10. The Hall–Kier alpha value is -1.29. The lowest BCUT2D eigenvalue weighted by Gasteiger charge is -2.43. The van der Waals surface area contributed by atoms with Crippen LogP contribution in [-0.4, -0.2) is 364 Å². The third-order valence-electron chi connectivity index (χ3n) is 28.3. The second-order valence-corrected chi connectivity index (χ2v) is 39.5. The largest absolute Gasteiger partial charge is 0.370 e. The number of likely N-dealkylation sites (tertiary alicyclic amines) is 12. The lowest BCUT2D eigenvalue weighted by Crippen LogP contribution is -2.55. The first-order valence-electron chi connectivity index (χ1n) is 46.3. The van der Waals surface area contributed by atoms with Crippen LogP contribution < -0.4 is 11.5 Å². The van der Waals surface area contributed by atoms with E-state index in [4.69, 9.17) is 11.5 Å². The molecule has 0 spiro atoms. The third kappa shape index (κ3) is 42.9. The van der Waals surface area contributed by atoms with Crippen molar-refractivity contribution >= 4 is 5.96 Å². The molecular formula is C96H213N17+2. The molecule has 12 fully saturated rings. The summed E-state index contributed by atoms with van der Waals surface area (Å²) >= 11 is 0. The molecule has 17 nitrogen and oxygen atoms in total. The Bertz CT molecular complexity index is 2120. The van der Waals surface area contributed by atoms with Crippen molar-refractivity contribution in [3.63, 3.8) is 0 Å². The van der Waals surface area contributed by atoms with Crippen LogP contribution in [0.1, 0.15) is 329 Å². The Morgan fingerprint density at radius 1 is 0.319 bits per heavy atom. The van der Waals surface area contributed by atoms with E-state index in [0.717, 1.165) is 115 Å². The lowest BCUT2D eigenvalue weighted by atomic mass is 9.98. The number of quaternary nitrogens is 2. The van der Waals surface area contributed by atoms with Gasteiger partial charge in [0.2, 0.25) is 0 Å². The van der Waals surface area contributed by atoms with Crippen LogP contribution in [0.3, 0.4) is 0 Å². The van der Waals surface area contributed by atoms with Gasteiger partial charge in [-0.1, -0.05) is 64.3 Å². The summed E-state index contributed by atoms with van der Waals surface area (Å²) in [6, 6.07) is 11.5. The van der Waals surface area contributed by atoms with Gasteiger partial charge < -0.3 is 79.2 Å². The summed E-state index contributed by atoms with van der Waals surface area (Å²) in [5, 5.41) is 0. The highest BCUT2D eigenvalue weighted by atomic mass is 15.4. The zero-order valence-electron chi connectivity index (χ0n) is 76.0. The normalized spacial score (nSPS) is 24.0. The van der Waals surface area contributed by atoms with Crippen molar-refractivity contribution in [2.45, 2.75) is 420 Å². The molecule has 0 aromatic carbocycles. The van der Waals surface area contributed by atoms with Gasteiger partial charge in [-0.25, -0.2) is 0 Å². The van der Waals surface area contributed by atoms with Gasteiger partial charge in [0.1, 0.15) is 0 Å². The fraction of sp³-hybridized carbons (Fsp3) is 0.990. The van der Waals surface area contributed by atoms with E-state index in [9.17, 15) is 0 Å². The van der Waals surface area contributed by atoms with E-state index in [0.29, 0.717) is 12.1 Å². The maximum absolute atomic E-state index is 5.33. The smallest absolute Gasteiger partial charge is 0.186 e. The molecule has 0 atom stereocenters. The minimum absolute atomic E-state index is 0. The highest BCUT2D eigenvalue weighted by Gasteiger charge is 2.39. The van der Waals surface area contributed by atoms with E-state index in [1.165, 1.54) is 303 Å². The highest BCUT2D eigenvalue weighted by Crippen LogP contribution is 2.30. The van der Waals surface area contributed by atoms with E-state index in [2.05, 4.69) is 224 Å². The number of aliphatic imine (C=N–C) groups is 1. The van der Waals surface area contributed by atoms with Gasteiger partial charge in [0, 0.05) is 150 Å². The van der Waals surface area contributed by atoms with Crippen molar-refractivity contribution < 1.29 is 8.97 Å². The lowest BCUT2D eigenvalue weighted by molar-refractivity contribution is -0.923. The van der Waals surface area contributed by atoms with E-state index >= 15 is 0 Å². The maximum Gasteiger partial charge on any atom is 0.186 e. The van der Waals surface area contributed by atoms with Crippen LogP contribution in [0.15, 0.2) is 4.99 Å². The average molecular weight is 1610 g/mol. The number of nitrogens with two attached hydrogens (primary N) is 2. The molecule has 0 aromatic heterocycles. The van der Waals surface area contributed by atoms with Crippen molar-refractivity contribution in [3.05, 3.63) is 0 Å². The summed E-state index contributed by atoms with van der Waals surface area (Å²) in [5.74, 6) is 1.19. The summed E-state index contributed by atoms with van der Waals surface area (Å²) in [6.45, 7) is 70.8. The third-order valence-corrected chi connectivity index (χ3v) is 28.3. The van der Waals surface area contributed by atoms with Gasteiger partial charge >= 0.3 is 0 Å². The second kappa shape index (κ2) is 60.3. The van der Waals surface area contributed by atoms with Gasteiger partial charge in [-0.05, 0) is 351 Å². The predicted octanol–water partition coefficient (Wildman–Crippen LogP) is 17.8. The van der Waals surface area contributed by atoms with Crippen LogP contribution in [0.5, 0.6) is 0 Å². The molecule has 0 aliphatic carbocycles. The topological polar surface area (TPSA) is 103 Å². The molecule has 12 aliphatic rings. The van der Waals surface area contributed by atoms with Crippen LogP contribution in [0.2, 0.25) is 0 Å². The molecule has 0 radical (unpaired) electrons. The number of guanidine groups is 1. The number of rotatable bonds is 15. The second-order valence-electron chi connectivity index (χ2n) is 39.5. The number of nitrogens with zero attached hydrogens (tertiary/aromatic N) is 15. The molecule has 113 heavy (non-hydrogen) atoms. The summed E-state index contributed by atoms with van der Waals surface area (Å²) < 4.78 is 2.51. The van der Waals surface area contributed by atoms with Gasteiger partial charge in [-0.3, -0.25) is 4.99 Å². The zero-order valence-corrected chi connectivity index (χ0v) is 76.0. The Morgan fingerprint density at radius 2 is 0.549 bits per heavy atom. The van der Waals surface area contributed by atoms with Crippen LogP contribution in [-0.2, 0) is 0 Å². The van der Waals surface area contributed by atoms with Crippen molar-refractivity contribution in [3.8, 4) is 0 Å². The molecule has 12 heterocycles. The molecule has 680 valence electrons. The van der Waals surface area contributed by atoms with Gasteiger partial charge in [-0.15, -0.1) is 0 Å². The Balaban J connectivity index is 0. The molecule has 0 aromatic rings. The standard InChI is InChI=1S/C13H27N2.2C13H26N2.C12H24N2.C11H25N2.C10H22N2.C9H20N4.C9H19N.6CH4/c1-12(2)14-8-6-13(7-9-14)15(3)10-4-5-11-15;2*1-12(2)14-10-6-13(7-11-14)15-8-4-3-5-9-15;1-11(2)13-9-5-12(6-10-13)14-7-3-4-8-14;1-10(2)12-8-6-11(7-9-12)13(3,4)5;1-9(2)12-7-5-10(6-8-12)11(3)4;1-7(2)13-5-3-8(4-6-13)12-9(10)11;1-8(2)10-6-4-9(3)5-7-10;;;;;;/h12-13H,4-11H2,1-3H3;2*12-13H,3-11H2,1-2H3;11-12H,3-10H2,1-2H3;10-11H,6-9H2,1-5H3;9-10H,5-8H2,1-4H3;7-8H,3-6H2,1-2H3,(H4,10,11,12);8-9H,4-7H2,1-3H3;6*1H4/q+1;;;;+1;;;;;;;;;. The van der Waals surface area contributed by atoms with Crippen LogP contribution in [0.25, 0.3) is 0 Å². The summed E-state index contributed by atoms with van der Waals surface area (Å²) in [5.41, 5.74) is 10.7. The van der Waals surface area contributed by atoms with E-state index in [1.807, 2.05) is 0 Å². The van der Waals surface area contributed by atoms with Crippen LogP contribution >= 0.6 is 0 Å². The number of hydrogen-bond acceptors (Lipinski definition) is 13. The quantitative estimate of drug-likeness (QED) is 0.0924. The molecule has 4 N–H and O–H groups in total. The summed E-state index contributed by atoms with van der Waals surface area (Å²) in [4.78, 5) is 35.4. The van der Waals surface area contributed by atoms with Crippen molar-refractivity contribution in [2.75, 3.05) is 199 Å². The molecule has 0 amide bonds.